The van der Waals surface area contributed by atoms with Crippen LogP contribution in [0.15, 0.2) is 12.3 Å². The summed E-state index contributed by atoms with van der Waals surface area (Å²) >= 11 is 6.06. The Balaban J connectivity index is 0.00000150. The number of carbonyl (C=O) groups excluding carboxylic acids is 1. The molecule has 4 saturated carbocycles. The number of rotatable bonds is 7. The number of carbonyl (C=O) groups is 1. The molecule has 4 bridgehead atoms. The molecule has 1 aromatic heterocycles. The summed E-state index contributed by atoms with van der Waals surface area (Å²) < 4.78 is 0. The second-order valence-corrected chi connectivity index (χ2v) is 9.65. The number of aromatic nitrogens is 1. The molecule has 3 N–H and O–H groups in total. The number of nitrogens with two attached hydrogens (primary N) is 1. The normalized spacial score (nSPS) is 30.6. The minimum Gasteiger partial charge on any atom is -0.395 e. The first-order chi connectivity index (χ1) is 12.9. The van der Waals surface area contributed by atoms with Crippen molar-refractivity contribution < 1.29 is 9.90 Å². The van der Waals surface area contributed by atoms with Crippen LogP contribution in [0.1, 0.15) is 67.5 Å². The molecule has 1 atom stereocenters. The summed E-state index contributed by atoms with van der Waals surface area (Å²) in [5.41, 5.74) is 6.93. The van der Waals surface area contributed by atoms with Crippen molar-refractivity contribution in [2.24, 2.45) is 28.9 Å². The molecule has 1 heterocycles. The minimum absolute atomic E-state index is 0. The van der Waals surface area contributed by atoms with Crippen molar-refractivity contribution in [2.45, 2.75) is 51.5 Å². The van der Waals surface area contributed by atoms with Crippen molar-refractivity contribution >= 4 is 42.3 Å². The van der Waals surface area contributed by atoms with E-state index in [-0.39, 0.29) is 42.5 Å². The summed E-state index contributed by atoms with van der Waals surface area (Å²) in [4.78, 5) is 18.4. The molecule has 0 spiro atoms. The van der Waals surface area contributed by atoms with E-state index >= 15 is 0 Å². The van der Waals surface area contributed by atoms with Gasteiger partial charge in [-0.05, 0) is 74.7 Å². The number of halogens is 3. The predicted molar refractivity (Wildman–Crippen MR) is 120 cm³/mol. The van der Waals surface area contributed by atoms with Crippen molar-refractivity contribution in [3.8, 4) is 0 Å². The maximum absolute atomic E-state index is 11.6. The average molecular weight is 465 g/mol. The molecule has 4 aliphatic carbocycles. The van der Waals surface area contributed by atoms with E-state index in [1.54, 1.807) is 6.07 Å². The summed E-state index contributed by atoms with van der Waals surface area (Å²) in [6, 6.07) is 1.71. The number of hydrogen-bond acceptors (Lipinski definition) is 4. The van der Waals surface area contributed by atoms with E-state index < -0.39 is 5.91 Å². The van der Waals surface area contributed by atoms with E-state index in [1.165, 1.54) is 44.7 Å². The molecule has 1 unspecified atom stereocenters. The first kappa shape index (κ1) is 24.7. The van der Waals surface area contributed by atoms with Crippen molar-refractivity contribution in [3.63, 3.8) is 0 Å². The van der Waals surface area contributed by atoms with Gasteiger partial charge >= 0.3 is 0 Å². The first-order valence-corrected chi connectivity index (χ1v) is 10.6. The SMILES string of the molecule is CC(c1cc(C(N)=O)c(Cl)cn1)N(CCO)CC12CC3CC(CC(C3)C1)C2.Cl.Cl. The molecule has 0 radical (unpaired) electrons. The number of hydrogen-bond donors (Lipinski definition) is 2. The molecular formula is C21H32Cl3N3O2. The molecule has 5 nitrogen and oxygen atoms in total. The zero-order chi connectivity index (χ0) is 19.2. The molecule has 8 heteroatoms. The topological polar surface area (TPSA) is 79.5 Å². The van der Waals surface area contributed by atoms with Gasteiger partial charge in [0.05, 0.1) is 22.9 Å². The largest absolute Gasteiger partial charge is 0.395 e. The highest BCUT2D eigenvalue weighted by Gasteiger charge is 2.51. The van der Waals surface area contributed by atoms with E-state index in [9.17, 15) is 9.90 Å². The second kappa shape index (κ2) is 9.69. The van der Waals surface area contributed by atoms with Gasteiger partial charge in [-0.25, -0.2) is 0 Å². The molecular weight excluding hydrogens is 433 g/mol. The number of aliphatic hydroxyl groups is 1. The highest BCUT2D eigenvalue weighted by Crippen LogP contribution is 2.60. The zero-order valence-electron chi connectivity index (χ0n) is 16.8. The lowest BCUT2D eigenvalue weighted by Crippen LogP contribution is -2.52. The van der Waals surface area contributed by atoms with Gasteiger partial charge in [0.25, 0.3) is 0 Å². The van der Waals surface area contributed by atoms with Gasteiger partial charge in [-0.1, -0.05) is 11.6 Å². The molecule has 4 aliphatic rings. The zero-order valence-corrected chi connectivity index (χ0v) is 19.2. The molecule has 5 rings (SSSR count). The Labute approximate surface area is 190 Å². The van der Waals surface area contributed by atoms with Crippen LogP contribution in [-0.2, 0) is 0 Å². The lowest BCUT2D eigenvalue weighted by Gasteiger charge is -2.58. The standard InChI is InChI=1S/C21H30ClN3O2.2ClH/c1-13(19-7-17(20(23)27)18(22)11-24-19)25(2-3-26)12-21-8-14-4-15(9-21)6-16(5-14)10-21;;/h7,11,13-16,26H,2-6,8-10,12H2,1H3,(H2,23,27);2*1H. The van der Waals surface area contributed by atoms with E-state index in [2.05, 4.69) is 16.8 Å². The fourth-order valence-corrected chi connectivity index (χ4v) is 6.71. The molecule has 29 heavy (non-hydrogen) atoms. The van der Waals surface area contributed by atoms with Crippen LogP contribution in [0.5, 0.6) is 0 Å². The van der Waals surface area contributed by atoms with E-state index in [0.29, 0.717) is 17.5 Å². The number of pyridine rings is 1. The van der Waals surface area contributed by atoms with Crippen LogP contribution in [0, 0.1) is 23.2 Å². The predicted octanol–water partition coefficient (Wildman–Crippen LogP) is 4.25. The van der Waals surface area contributed by atoms with Crippen LogP contribution in [0.25, 0.3) is 0 Å². The maximum atomic E-state index is 11.6. The smallest absolute Gasteiger partial charge is 0.250 e. The Morgan fingerprint density at radius 2 is 1.83 bits per heavy atom. The van der Waals surface area contributed by atoms with Crippen LogP contribution in [0.3, 0.4) is 0 Å². The summed E-state index contributed by atoms with van der Waals surface area (Å²) in [6.45, 7) is 3.82. The van der Waals surface area contributed by atoms with Crippen LogP contribution in [0.4, 0.5) is 0 Å². The number of aliphatic hydroxyl groups excluding tert-OH is 1. The quantitative estimate of drug-likeness (QED) is 0.632. The number of primary amides is 1. The highest BCUT2D eigenvalue weighted by atomic mass is 35.5. The highest BCUT2D eigenvalue weighted by molar-refractivity contribution is 6.33. The van der Waals surface area contributed by atoms with Crippen molar-refractivity contribution in [1.82, 2.24) is 9.88 Å². The Morgan fingerprint density at radius 3 is 2.31 bits per heavy atom. The summed E-state index contributed by atoms with van der Waals surface area (Å²) in [5, 5.41) is 9.96. The van der Waals surface area contributed by atoms with Crippen molar-refractivity contribution in [1.29, 1.82) is 0 Å². The number of nitrogens with zero attached hydrogens (tertiary/aromatic N) is 2. The van der Waals surface area contributed by atoms with Gasteiger partial charge in [-0.3, -0.25) is 14.7 Å². The van der Waals surface area contributed by atoms with Gasteiger partial charge in [0.2, 0.25) is 5.91 Å². The van der Waals surface area contributed by atoms with Crippen LogP contribution < -0.4 is 5.73 Å². The Bertz CT molecular complexity index is 696. The van der Waals surface area contributed by atoms with Crippen LogP contribution in [0.2, 0.25) is 5.02 Å². The van der Waals surface area contributed by atoms with Gasteiger partial charge < -0.3 is 10.8 Å². The molecule has 1 aromatic rings. The Hall–Kier alpha value is -0.590. The summed E-state index contributed by atoms with van der Waals surface area (Å²) in [5.74, 6) is 2.17. The molecule has 0 aliphatic heterocycles. The Kier molecular flexibility index (Phi) is 8.25. The molecule has 1 amide bonds. The van der Waals surface area contributed by atoms with Gasteiger partial charge in [0, 0.05) is 25.3 Å². The average Bonchev–Trinajstić information content (AvgIpc) is 2.59. The van der Waals surface area contributed by atoms with E-state index in [4.69, 9.17) is 17.3 Å². The van der Waals surface area contributed by atoms with E-state index in [1.807, 2.05) is 0 Å². The summed E-state index contributed by atoms with van der Waals surface area (Å²) in [7, 11) is 0. The molecule has 0 saturated heterocycles. The van der Waals surface area contributed by atoms with Crippen LogP contribution >= 0.6 is 36.4 Å². The Morgan fingerprint density at radius 1 is 1.28 bits per heavy atom. The van der Waals surface area contributed by atoms with Gasteiger partial charge in [0.15, 0.2) is 0 Å². The monoisotopic (exact) mass is 463 g/mol. The number of amides is 1. The fourth-order valence-electron chi connectivity index (χ4n) is 6.51. The fraction of sp³-hybridized carbons (Fsp3) is 0.714. The van der Waals surface area contributed by atoms with Crippen molar-refractivity contribution in [3.05, 3.63) is 28.5 Å². The second-order valence-electron chi connectivity index (χ2n) is 9.24. The summed E-state index contributed by atoms with van der Waals surface area (Å²) in [6.07, 6.45) is 9.77. The first-order valence-electron chi connectivity index (χ1n) is 10.2. The third-order valence-electron chi connectivity index (χ3n) is 7.21. The minimum atomic E-state index is -0.536. The molecule has 4 fully saturated rings. The third-order valence-corrected chi connectivity index (χ3v) is 7.51. The van der Waals surface area contributed by atoms with Crippen LogP contribution in [-0.4, -0.2) is 40.6 Å². The van der Waals surface area contributed by atoms with Gasteiger partial charge in [0.1, 0.15) is 0 Å². The molecule has 164 valence electrons. The van der Waals surface area contributed by atoms with Crippen molar-refractivity contribution in [2.75, 3.05) is 19.7 Å². The lowest BCUT2D eigenvalue weighted by atomic mass is 9.49. The maximum Gasteiger partial charge on any atom is 0.250 e. The third kappa shape index (κ3) is 5.01. The lowest BCUT2D eigenvalue weighted by molar-refractivity contribution is -0.0755. The van der Waals surface area contributed by atoms with Gasteiger partial charge in [-0.2, -0.15) is 0 Å². The van der Waals surface area contributed by atoms with Gasteiger partial charge in [-0.15, -0.1) is 24.8 Å². The van der Waals surface area contributed by atoms with E-state index in [0.717, 1.165) is 30.0 Å². The molecule has 0 aromatic carbocycles.